The van der Waals surface area contributed by atoms with Gasteiger partial charge in [0.05, 0.1) is 15.8 Å². The van der Waals surface area contributed by atoms with Crippen LogP contribution in [0.5, 0.6) is 0 Å². The van der Waals surface area contributed by atoms with Crippen molar-refractivity contribution in [1.82, 2.24) is 4.90 Å². The van der Waals surface area contributed by atoms with Crippen LogP contribution in [0.4, 0.5) is 22.0 Å². The maximum Gasteiger partial charge on any atom is 0.435 e. The molecule has 30 heavy (non-hydrogen) atoms. The van der Waals surface area contributed by atoms with Gasteiger partial charge in [-0.3, -0.25) is 4.90 Å². The number of likely N-dealkylation sites (tertiary alicyclic amines) is 1. The van der Waals surface area contributed by atoms with Gasteiger partial charge in [0, 0.05) is 25.1 Å². The third kappa shape index (κ3) is 3.35. The first-order valence-corrected chi connectivity index (χ1v) is 9.66. The molecular weight excluding hydrogens is 450 g/mol. The Hall–Kier alpha value is -1.90. The van der Waals surface area contributed by atoms with Crippen molar-refractivity contribution in [2.75, 3.05) is 20.1 Å². The fourth-order valence-corrected chi connectivity index (χ4v) is 4.29. The van der Waals surface area contributed by atoms with E-state index in [9.17, 15) is 22.0 Å². The van der Waals surface area contributed by atoms with Gasteiger partial charge in [0.1, 0.15) is 0 Å². The van der Waals surface area contributed by atoms with Crippen LogP contribution in [0.3, 0.4) is 0 Å². The van der Waals surface area contributed by atoms with Crippen LogP contribution in [-0.2, 0) is 16.1 Å². The van der Waals surface area contributed by atoms with Crippen LogP contribution < -0.4 is 0 Å². The molecular formula is C20H15Cl2F5N2O. The molecule has 0 N–H and O–H groups in total. The quantitative estimate of drug-likeness (QED) is 0.422. The number of hydrogen-bond donors (Lipinski definition) is 0. The molecule has 0 aliphatic carbocycles. The molecule has 2 heterocycles. The van der Waals surface area contributed by atoms with E-state index < -0.39 is 45.3 Å². The third-order valence-electron chi connectivity index (χ3n) is 5.41. The van der Waals surface area contributed by atoms with E-state index in [1.54, 1.807) is 7.05 Å². The summed E-state index contributed by atoms with van der Waals surface area (Å²) >= 11 is 11.4. The van der Waals surface area contributed by atoms with Crippen molar-refractivity contribution >= 4 is 28.9 Å². The highest BCUT2D eigenvalue weighted by molar-refractivity contribution is 6.35. The number of hydrogen-bond acceptors (Lipinski definition) is 3. The lowest BCUT2D eigenvalue weighted by Gasteiger charge is -2.42. The molecule has 10 heteroatoms. The van der Waals surface area contributed by atoms with Gasteiger partial charge in [-0.1, -0.05) is 52.6 Å². The second-order valence-electron chi connectivity index (χ2n) is 7.60. The summed E-state index contributed by atoms with van der Waals surface area (Å²) < 4.78 is 70.5. The van der Waals surface area contributed by atoms with E-state index >= 15 is 0 Å². The van der Waals surface area contributed by atoms with Gasteiger partial charge >= 0.3 is 6.18 Å². The maximum absolute atomic E-state index is 14.7. The predicted octanol–water partition coefficient (Wildman–Crippen LogP) is 5.82. The van der Waals surface area contributed by atoms with Crippen molar-refractivity contribution < 1.29 is 26.8 Å². The van der Waals surface area contributed by atoms with E-state index in [0.717, 1.165) is 12.1 Å². The predicted molar refractivity (Wildman–Crippen MR) is 103 cm³/mol. The average molecular weight is 465 g/mol. The van der Waals surface area contributed by atoms with E-state index in [2.05, 4.69) is 5.16 Å². The lowest BCUT2D eigenvalue weighted by atomic mass is 9.85. The summed E-state index contributed by atoms with van der Waals surface area (Å²) in [4.78, 5) is 6.71. The second-order valence-corrected chi connectivity index (χ2v) is 8.41. The van der Waals surface area contributed by atoms with Crippen molar-refractivity contribution in [1.29, 1.82) is 0 Å². The molecule has 4 rings (SSSR count). The van der Waals surface area contributed by atoms with E-state index in [0.29, 0.717) is 11.1 Å². The summed E-state index contributed by atoms with van der Waals surface area (Å²) in [5.74, 6) is -1.02. The Kier molecular flexibility index (Phi) is 5.03. The fraction of sp³-hybridized carbons (Fsp3) is 0.350. The minimum absolute atomic E-state index is 0.0223. The average Bonchev–Trinajstić information content (AvgIpc) is 3.11. The Labute approximate surface area is 179 Å². The van der Waals surface area contributed by atoms with Crippen LogP contribution in [-0.4, -0.2) is 36.9 Å². The van der Waals surface area contributed by atoms with Crippen LogP contribution in [0.2, 0.25) is 10.0 Å². The van der Waals surface area contributed by atoms with Gasteiger partial charge in [-0.05, 0) is 30.3 Å². The lowest BCUT2D eigenvalue weighted by Crippen LogP contribution is -2.54. The highest BCUT2D eigenvalue weighted by Crippen LogP contribution is 2.50. The first-order chi connectivity index (χ1) is 13.9. The van der Waals surface area contributed by atoms with Crippen LogP contribution in [0, 0.1) is 5.82 Å². The molecule has 0 amide bonds. The summed E-state index contributed by atoms with van der Waals surface area (Å²) in [5.41, 5.74) is -3.96. The maximum atomic E-state index is 14.7. The lowest BCUT2D eigenvalue weighted by molar-refractivity contribution is -0.275. The number of oxime groups is 1. The second kappa shape index (κ2) is 7.07. The summed E-state index contributed by atoms with van der Waals surface area (Å²) in [6.45, 7) is 0.499. The molecule has 0 bridgehead atoms. The van der Waals surface area contributed by atoms with Gasteiger partial charge in [-0.15, -0.1) is 0 Å². The van der Waals surface area contributed by atoms with Crippen LogP contribution in [0.15, 0.2) is 41.6 Å². The first kappa shape index (κ1) is 21.3. The molecule has 0 radical (unpaired) electrons. The SMILES string of the molecule is CN1CC(F)(c2ccc(C3=NOC(c4cc(Cl)c(F)c(Cl)c4)(C(F)(F)F)C3)cc2)C1. The topological polar surface area (TPSA) is 24.8 Å². The highest BCUT2D eigenvalue weighted by Gasteiger charge is 2.62. The number of benzene rings is 2. The Morgan fingerprint density at radius 3 is 2.10 bits per heavy atom. The normalized spacial score (nSPS) is 23.7. The van der Waals surface area contributed by atoms with E-state index in [-0.39, 0.29) is 18.8 Å². The molecule has 2 aliphatic heterocycles. The molecule has 3 nitrogen and oxygen atoms in total. The van der Waals surface area contributed by atoms with Crippen LogP contribution in [0.25, 0.3) is 0 Å². The van der Waals surface area contributed by atoms with Crippen molar-refractivity contribution in [2.45, 2.75) is 23.9 Å². The van der Waals surface area contributed by atoms with Gasteiger partial charge in [0.15, 0.2) is 11.5 Å². The van der Waals surface area contributed by atoms with Gasteiger partial charge in [0.2, 0.25) is 0 Å². The Morgan fingerprint density at radius 1 is 1.03 bits per heavy atom. The van der Waals surface area contributed by atoms with E-state index in [1.807, 2.05) is 4.90 Å². The minimum Gasteiger partial charge on any atom is -0.374 e. The van der Waals surface area contributed by atoms with Gasteiger partial charge in [0.25, 0.3) is 5.60 Å². The smallest absolute Gasteiger partial charge is 0.374 e. The highest BCUT2D eigenvalue weighted by atomic mass is 35.5. The zero-order valence-corrected chi connectivity index (χ0v) is 17.0. The summed E-state index contributed by atoms with van der Waals surface area (Å²) in [7, 11) is 1.79. The Bertz CT molecular complexity index is 996. The van der Waals surface area contributed by atoms with Crippen LogP contribution >= 0.6 is 23.2 Å². The molecule has 0 aromatic heterocycles. The van der Waals surface area contributed by atoms with Gasteiger partial charge in [-0.25, -0.2) is 8.78 Å². The molecule has 1 atom stereocenters. The molecule has 160 valence electrons. The number of rotatable bonds is 3. The summed E-state index contributed by atoms with van der Waals surface area (Å²) in [5, 5.41) is 2.53. The zero-order chi connectivity index (χ0) is 21.9. The molecule has 0 spiro atoms. The van der Waals surface area contributed by atoms with Crippen LogP contribution in [0.1, 0.15) is 23.1 Å². The molecule has 1 fully saturated rings. The minimum atomic E-state index is -4.89. The molecule has 1 saturated heterocycles. The fourth-order valence-electron chi connectivity index (χ4n) is 3.80. The molecule has 2 aliphatic rings. The standard InChI is InChI=1S/C20H15Cl2F5N2O/c1-29-9-18(24,10-29)12-4-2-11(3-5-12)16-8-19(30-28-16,20(25,26)27)13-6-14(21)17(23)15(22)7-13/h2-7H,8-10H2,1H3. The number of likely N-dealkylation sites (N-methyl/N-ethyl adjacent to an activating group) is 1. The molecule has 0 saturated carbocycles. The number of nitrogens with zero attached hydrogens (tertiary/aromatic N) is 2. The Morgan fingerprint density at radius 2 is 1.60 bits per heavy atom. The molecule has 2 aromatic rings. The van der Waals surface area contributed by atoms with E-state index in [4.69, 9.17) is 28.0 Å². The number of alkyl halides is 4. The Balaban J connectivity index is 1.64. The first-order valence-electron chi connectivity index (χ1n) is 8.90. The summed E-state index contributed by atoms with van der Waals surface area (Å²) in [6.07, 6.45) is -5.56. The third-order valence-corrected chi connectivity index (χ3v) is 5.96. The van der Waals surface area contributed by atoms with Crippen molar-refractivity contribution in [3.63, 3.8) is 0 Å². The van der Waals surface area contributed by atoms with Crippen molar-refractivity contribution in [2.24, 2.45) is 5.16 Å². The zero-order valence-electron chi connectivity index (χ0n) is 15.5. The largest absolute Gasteiger partial charge is 0.435 e. The molecule has 1 unspecified atom stereocenters. The monoisotopic (exact) mass is 464 g/mol. The van der Waals surface area contributed by atoms with Crippen molar-refractivity contribution in [3.8, 4) is 0 Å². The summed E-state index contributed by atoms with van der Waals surface area (Å²) in [6, 6.07) is 7.74. The van der Waals surface area contributed by atoms with Gasteiger partial charge < -0.3 is 4.84 Å². The van der Waals surface area contributed by atoms with Gasteiger partial charge in [-0.2, -0.15) is 13.2 Å². The number of halogens is 7. The van der Waals surface area contributed by atoms with E-state index in [1.165, 1.54) is 24.3 Å². The molecule has 2 aromatic carbocycles. The van der Waals surface area contributed by atoms with Crippen molar-refractivity contribution in [3.05, 3.63) is 69.0 Å².